The monoisotopic (exact) mass is 332 g/mol. The Morgan fingerprint density at radius 2 is 1.79 bits per heavy atom. The molecule has 6 atom stereocenters. The molecule has 0 amide bonds. The van der Waals surface area contributed by atoms with E-state index in [-0.39, 0.29) is 17.3 Å². The van der Waals surface area contributed by atoms with Crippen molar-refractivity contribution < 1.29 is 14.6 Å². The van der Waals surface area contributed by atoms with E-state index in [2.05, 4.69) is 19.9 Å². The lowest BCUT2D eigenvalue weighted by atomic mass is 9.47. The van der Waals surface area contributed by atoms with Crippen molar-refractivity contribution >= 4 is 0 Å². The molecule has 1 heterocycles. The molecule has 4 fully saturated rings. The first-order valence-corrected chi connectivity index (χ1v) is 10.1. The largest absolute Gasteiger partial charge is 0.393 e. The Hall–Kier alpha value is -0.380. The molecule has 1 aliphatic heterocycles. The molecular weight excluding hydrogens is 300 g/mol. The molecular formula is C21H32O3. The molecule has 0 radical (unpaired) electrons. The molecule has 0 aromatic heterocycles. The summed E-state index contributed by atoms with van der Waals surface area (Å²) < 4.78 is 12.0. The van der Waals surface area contributed by atoms with Gasteiger partial charge in [0, 0.05) is 12.8 Å². The van der Waals surface area contributed by atoms with Crippen LogP contribution in [0.15, 0.2) is 11.6 Å². The molecule has 1 unspecified atom stereocenters. The fraction of sp³-hybridized carbons (Fsp3) is 0.905. The first kappa shape index (κ1) is 15.8. The van der Waals surface area contributed by atoms with Crippen LogP contribution < -0.4 is 0 Å². The fourth-order valence-corrected chi connectivity index (χ4v) is 7.32. The van der Waals surface area contributed by atoms with Gasteiger partial charge in [0.05, 0.1) is 19.3 Å². The van der Waals surface area contributed by atoms with Crippen molar-refractivity contribution in [3.8, 4) is 0 Å². The van der Waals surface area contributed by atoms with Crippen LogP contribution in [0.25, 0.3) is 0 Å². The number of aliphatic hydroxyl groups excluding tert-OH is 1. The first-order chi connectivity index (χ1) is 11.5. The summed E-state index contributed by atoms with van der Waals surface area (Å²) in [6, 6.07) is 0. The molecule has 5 rings (SSSR count). The topological polar surface area (TPSA) is 38.7 Å². The molecule has 4 aliphatic carbocycles. The number of allylic oxidation sites excluding steroid dienone is 1. The van der Waals surface area contributed by atoms with Gasteiger partial charge in [-0.05, 0) is 67.1 Å². The second-order valence-corrected chi connectivity index (χ2v) is 9.68. The van der Waals surface area contributed by atoms with E-state index in [0.717, 1.165) is 50.2 Å². The van der Waals surface area contributed by atoms with Crippen LogP contribution in [0.1, 0.15) is 65.2 Å². The maximum absolute atomic E-state index is 10.6. The van der Waals surface area contributed by atoms with Crippen LogP contribution in [0.3, 0.4) is 0 Å². The Labute approximate surface area is 145 Å². The lowest BCUT2D eigenvalue weighted by Gasteiger charge is -2.58. The smallest absolute Gasteiger partial charge is 0.172 e. The summed E-state index contributed by atoms with van der Waals surface area (Å²) in [4.78, 5) is 0. The molecule has 3 nitrogen and oxygen atoms in total. The normalized spacial score (nSPS) is 52.5. The molecule has 24 heavy (non-hydrogen) atoms. The predicted octanol–water partition coefficient (Wildman–Crippen LogP) is 4.05. The third kappa shape index (κ3) is 1.95. The molecule has 3 saturated carbocycles. The molecule has 1 saturated heterocycles. The summed E-state index contributed by atoms with van der Waals surface area (Å²) in [5.74, 6) is 1.98. The molecule has 5 aliphatic rings. The number of ether oxygens (including phenoxy) is 2. The minimum atomic E-state index is -0.301. The van der Waals surface area contributed by atoms with Gasteiger partial charge in [0.1, 0.15) is 0 Å². The van der Waals surface area contributed by atoms with Crippen LogP contribution in [0.2, 0.25) is 0 Å². The summed E-state index contributed by atoms with van der Waals surface area (Å²) in [7, 11) is 0. The maximum atomic E-state index is 10.6. The van der Waals surface area contributed by atoms with Crippen molar-refractivity contribution in [2.75, 3.05) is 13.2 Å². The predicted molar refractivity (Wildman–Crippen MR) is 92.3 cm³/mol. The molecule has 134 valence electrons. The number of aliphatic hydroxyl groups is 1. The van der Waals surface area contributed by atoms with Gasteiger partial charge in [0.25, 0.3) is 0 Å². The standard InChI is InChI=1S/C21H32O3/c1-19-9-10-21(23-11-12-24-21)13-14(19)3-4-15-16-5-6-18(22)20(16,2)8-7-17(15)19/h3,15-18,22H,4-13H2,1-2H3/t15-,16-,17-,18?,19-,20-/m0/s1. The average Bonchev–Trinajstić information content (AvgIpc) is 3.14. The first-order valence-electron chi connectivity index (χ1n) is 10.1. The highest BCUT2D eigenvalue weighted by Crippen LogP contribution is 2.65. The Balaban J connectivity index is 1.46. The Morgan fingerprint density at radius 3 is 2.58 bits per heavy atom. The van der Waals surface area contributed by atoms with Gasteiger partial charge in [-0.3, -0.25) is 0 Å². The Morgan fingerprint density at radius 1 is 1.00 bits per heavy atom. The van der Waals surface area contributed by atoms with Gasteiger partial charge in [-0.15, -0.1) is 0 Å². The highest BCUT2D eigenvalue weighted by Gasteiger charge is 2.60. The van der Waals surface area contributed by atoms with Crippen molar-refractivity contribution in [3.05, 3.63) is 11.6 Å². The van der Waals surface area contributed by atoms with E-state index in [1.165, 1.54) is 32.1 Å². The van der Waals surface area contributed by atoms with Crippen LogP contribution in [0, 0.1) is 28.6 Å². The van der Waals surface area contributed by atoms with E-state index >= 15 is 0 Å². The number of hydrogen-bond donors (Lipinski definition) is 1. The van der Waals surface area contributed by atoms with Gasteiger partial charge in [-0.1, -0.05) is 25.5 Å². The lowest BCUT2D eigenvalue weighted by molar-refractivity contribution is -0.185. The van der Waals surface area contributed by atoms with Crippen molar-refractivity contribution in [3.63, 3.8) is 0 Å². The number of fused-ring (bicyclic) bond motifs is 5. The highest BCUT2D eigenvalue weighted by molar-refractivity contribution is 5.26. The van der Waals surface area contributed by atoms with Gasteiger partial charge in [0.2, 0.25) is 0 Å². The van der Waals surface area contributed by atoms with E-state index in [0.29, 0.717) is 5.41 Å². The zero-order chi connectivity index (χ0) is 16.6. The van der Waals surface area contributed by atoms with E-state index < -0.39 is 0 Å². The van der Waals surface area contributed by atoms with Crippen LogP contribution >= 0.6 is 0 Å². The number of hydrogen-bond acceptors (Lipinski definition) is 3. The van der Waals surface area contributed by atoms with Crippen LogP contribution in [0.5, 0.6) is 0 Å². The SMILES string of the molecule is C[C@]12CCC3(CC1=CC[C@@H]1[C@@H]2CC[C@]2(C)C(O)CC[C@@H]12)OCCO3. The quantitative estimate of drug-likeness (QED) is 0.680. The summed E-state index contributed by atoms with van der Waals surface area (Å²) in [5.41, 5.74) is 2.12. The summed E-state index contributed by atoms with van der Waals surface area (Å²) >= 11 is 0. The van der Waals surface area contributed by atoms with Gasteiger partial charge in [0.15, 0.2) is 5.79 Å². The van der Waals surface area contributed by atoms with Gasteiger partial charge in [-0.2, -0.15) is 0 Å². The van der Waals surface area contributed by atoms with E-state index in [4.69, 9.17) is 9.47 Å². The third-order valence-electron chi connectivity index (χ3n) is 8.87. The fourth-order valence-electron chi connectivity index (χ4n) is 7.32. The van der Waals surface area contributed by atoms with Crippen LogP contribution in [-0.2, 0) is 9.47 Å². The van der Waals surface area contributed by atoms with Crippen molar-refractivity contribution in [1.29, 1.82) is 0 Å². The van der Waals surface area contributed by atoms with Gasteiger partial charge in [-0.25, -0.2) is 0 Å². The van der Waals surface area contributed by atoms with Crippen molar-refractivity contribution in [1.82, 2.24) is 0 Å². The van der Waals surface area contributed by atoms with E-state index in [1.54, 1.807) is 5.57 Å². The molecule has 1 N–H and O–H groups in total. The summed E-state index contributed by atoms with van der Waals surface area (Å²) in [5, 5.41) is 10.6. The van der Waals surface area contributed by atoms with Crippen molar-refractivity contribution in [2.45, 2.75) is 77.1 Å². The molecule has 0 aromatic rings. The van der Waals surface area contributed by atoms with Crippen LogP contribution in [-0.4, -0.2) is 30.2 Å². The zero-order valence-corrected chi connectivity index (χ0v) is 15.2. The van der Waals surface area contributed by atoms with Crippen LogP contribution in [0.4, 0.5) is 0 Å². The second-order valence-electron chi connectivity index (χ2n) is 9.68. The van der Waals surface area contributed by atoms with Crippen molar-refractivity contribution in [2.24, 2.45) is 28.6 Å². The van der Waals surface area contributed by atoms with E-state index in [9.17, 15) is 5.11 Å². The highest BCUT2D eigenvalue weighted by atomic mass is 16.7. The number of rotatable bonds is 0. The minimum absolute atomic E-state index is 0.0726. The maximum Gasteiger partial charge on any atom is 0.172 e. The van der Waals surface area contributed by atoms with E-state index in [1.807, 2.05) is 0 Å². The minimum Gasteiger partial charge on any atom is -0.393 e. The molecule has 1 spiro atoms. The van der Waals surface area contributed by atoms with Gasteiger partial charge >= 0.3 is 0 Å². The van der Waals surface area contributed by atoms with Gasteiger partial charge < -0.3 is 14.6 Å². The molecule has 3 heteroatoms. The molecule has 0 bridgehead atoms. The zero-order valence-electron chi connectivity index (χ0n) is 15.2. The molecule has 0 aromatic carbocycles. The second kappa shape index (κ2) is 5.08. The average molecular weight is 332 g/mol. The third-order valence-corrected chi connectivity index (χ3v) is 8.87. The lowest BCUT2D eigenvalue weighted by Crippen LogP contribution is -2.52. The Bertz CT molecular complexity index is 563. The Kier molecular flexibility index (Phi) is 3.35. The summed E-state index contributed by atoms with van der Waals surface area (Å²) in [6.45, 7) is 6.40. The summed E-state index contributed by atoms with van der Waals surface area (Å²) in [6.07, 6.45) is 11.7.